The summed E-state index contributed by atoms with van der Waals surface area (Å²) in [4.78, 5) is 15.7. The van der Waals surface area contributed by atoms with Crippen LogP contribution in [0, 0.1) is 0 Å². The molecule has 0 bridgehead atoms. The van der Waals surface area contributed by atoms with Crippen LogP contribution in [-0.4, -0.2) is 30.3 Å². The van der Waals surface area contributed by atoms with Crippen molar-refractivity contribution in [2.24, 2.45) is 0 Å². The Morgan fingerprint density at radius 2 is 1.85 bits per heavy atom. The Morgan fingerprint density at radius 3 is 2.46 bits per heavy atom. The Labute approximate surface area is 144 Å². The number of carbonyl (C=O) groups excluding carboxylic acids is 1. The fourth-order valence-corrected chi connectivity index (χ4v) is 1.90. The van der Waals surface area contributed by atoms with Crippen molar-refractivity contribution in [2.45, 2.75) is 19.3 Å². The predicted octanol–water partition coefficient (Wildman–Crippen LogP) is 3.55. The van der Waals surface area contributed by atoms with Gasteiger partial charge in [-0.15, -0.1) is 0 Å². The zero-order chi connectivity index (χ0) is 19.2. The first-order valence-electron chi connectivity index (χ1n) is 7.21. The number of rotatable bonds is 7. The summed E-state index contributed by atoms with van der Waals surface area (Å²) in [7, 11) is 0. The fraction of sp³-hybridized carbons (Fsp3) is 0.250. The van der Waals surface area contributed by atoms with Crippen molar-refractivity contribution >= 4 is 5.91 Å². The summed E-state index contributed by atoms with van der Waals surface area (Å²) >= 11 is 0. The Bertz CT molecular complexity index is 735. The smallest absolute Gasteiger partial charge is 0.422 e. The second-order valence-corrected chi connectivity index (χ2v) is 4.96. The monoisotopic (exact) mass is 376 g/mol. The lowest BCUT2D eigenvalue weighted by Gasteiger charge is -2.12. The molecule has 2 aromatic rings. The summed E-state index contributed by atoms with van der Waals surface area (Å²) in [6, 6.07) is 7.89. The Balaban J connectivity index is 1.97. The van der Waals surface area contributed by atoms with E-state index in [0.717, 1.165) is 0 Å². The molecule has 0 fully saturated rings. The van der Waals surface area contributed by atoms with E-state index in [9.17, 15) is 26.7 Å². The van der Waals surface area contributed by atoms with Gasteiger partial charge in [0.2, 0.25) is 5.88 Å². The van der Waals surface area contributed by atoms with Crippen molar-refractivity contribution < 1.29 is 36.2 Å². The van der Waals surface area contributed by atoms with E-state index in [1.807, 2.05) is 0 Å². The van der Waals surface area contributed by atoms with Crippen LogP contribution >= 0.6 is 0 Å². The van der Waals surface area contributed by atoms with Crippen LogP contribution in [0.15, 0.2) is 42.6 Å². The minimum absolute atomic E-state index is 0.105. The number of amides is 1. The highest BCUT2D eigenvalue weighted by atomic mass is 19.4. The lowest BCUT2D eigenvalue weighted by Crippen LogP contribution is -2.24. The van der Waals surface area contributed by atoms with Crippen LogP contribution in [0.5, 0.6) is 11.6 Å². The number of benzene rings is 1. The lowest BCUT2D eigenvalue weighted by molar-refractivity contribution is -0.154. The SMILES string of the molecule is O=C(NCc1cccnc1OCC(F)(F)F)c1ccc(OC(F)F)cc1. The van der Waals surface area contributed by atoms with Crippen molar-refractivity contribution in [3.05, 3.63) is 53.7 Å². The fourth-order valence-electron chi connectivity index (χ4n) is 1.90. The highest BCUT2D eigenvalue weighted by Crippen LogP contribution is 2.20. The van der Waals surface area contributed by atoms with Crippen LogP contribution in [0.2, 0.25) is 0 Å². The van der Waals surface area contributed by atoms with Crippen molar-refractivity contribution in [3.8, 4) is 11.6 Å². The lowest BCUT2D eigenvalue weighted by atomic mass is 10.2. The summed E-state index contributed by atoms with van der Waals surface area (Å²) in [6.45, 7) is -4.61. The van der Waals surface area contributed by atoms with Gasteiger partial charge in [-0.2, -0.15) is 22.0 Å². The van der Waals surface area contributed by atoms with Gasteiger partial charge in [0.05, 0.1) is 0 Å². The number of hydrogen-bond donors (Lipinski definition) is 1. The van der Waals surface area contributed by atoms with Crippen molar-refractivity contribution in [2.75, 3.05) is 6.61 Å². The first-order valence-corrected chi connectivity index (χ1v) is 7.21. The summed E-state index contributed by atoms with van der Waals surface area (Å²) in [6.07, 6.45) is -3.25. The Hall–Kier alpha value is -2.91. The molecule has 1 heterocycles. The van der Waals surface area contributed by atoms with E-state index in [1.54, 1.807) is 0 Å². The number of pyridine rings is 1. The molecule has 5 nitrogen and oxygen atoms in total. The van der Waals surface area contributed by atoms with E-state index in [1.165, 1.54) is 42.6 Å². The van der Waals surface area contributed by atoms with Crippen molar-refractivity contribution in [1.82, 2.24) is 10.3 Å². The number of carbonyl (C=O) groups is 1. The zero-order valence-electron chi connectivity index (χ0n) is 13.1. The van der Waals surface area contributed by atoms with Gasteiger partial charge in [-0.1, -0.05) is 6.07 Å². The van der Waals surface area contributed by atoms with Gasteiger partial charge in [-0.3, -0.25) is 4.79 Å². The Morgan fingerprint density at radius 1 is 1.15 bits per heavy atom. The number of alkyl halides is 5. The van der Waals surface area contributed by atoms with E-state index in [4.69, 9.17) is 0 Å². The van der Waals surface area contributed by atoms with Crippen LogP contribution in [0.1, 0.15) is 15.9 Å². The maximum atomic E-state index is 12.2. The summed E-state index contributed by atoms with van der Waals surface area (Å²) in [5.41, 5.74) is 0.413. The molecule has 1 aromatic carbocycles. The van der Waals surface area contributed by atoms with E-state index >= 15 is 0 Å². The molecule has 1 aromatic heterocycles. The van der Waals surface area contributed by atoms with Crippen molar-refractivity contribution in [1.29, 1.82) is 0 Å². The zero-order valence-corrected chi connectivity index (χ0v) is 13.1. The molecule has 0 saturated heterocycles. The Kier molecular flexibility index (Phi) is 6.31. The molecule has 0 aliphatic rings. The number of halogens is 5. The van der Waals surface area contributed by atoms with Gasteiger partial charge in [0.25, 0.3) is 5.91 Å². The quantitative estimate of drug-likeness (QED) is 0.751. The van der Waals surface area contributed by atoms with Crippen LogP contribution in [0.4, 0.5) is 22.0 Å². The van der Waals surface area contributed by atoms with E-state index in [-0.39, 0.29) is 29.3 Å². The van der Waals surface area contributed by atoms with Gasteiger partial charge in [0, 0.05) is 23.9 Å². The van der Waals surface area contributed by atoms with Gasteiger partial charge in [0.15, 0.2) is 6.61 Å². The van der Waals surface area contributed by atoms with Gasteiger partial charge in [0.1, 0.15) is 5.75 Å². The highest BCUT2D eigenvalue weighted by molar-refractivity contribution is 5.94. The minimum atomic E-state index is -4.51. The average molecular weight is 376 g/mol. The molecule has 26 heavy (non-hydrogen) atoms. The second-order valence-electron chi connectivity index (χ2n) is 4.96. The standard InChI is InChI=1S/C16H13F5N2O3/c17-15(18)26-12-5-3-10(4-6-12)13(24)23-8-11-2-1-7-22-14(11)25-9-16(19,20)21/h1-7,15H,8-9H2,(H,23,24). The van der Waals surface area contributed by atoms with Gasteiger partial charge in [-0.25, -0.2) is 4.98 Å². The molecule has 0 aliphatic heterocycles. The highest BCUT2D eigenvalue weighted by Gasteiger charge is 2.29. The van der Waals surface area contributed by atoms with E-state index < -0.39 is 25.3 Å². The molecule has 0 spiro atoms. The number of nitrogens with one attached hydrogen (secondary N) is 1. The molecule has 10 heteroatoms. The van der Waals surface area contributed by atoms with Crippen LogP contribution in [-0.2, 0) is 6.54 Å². The van der Waals surface area contributed by atoms with E-state index in [0.29, 0.717) is 0 Å². The summed E-state index contributed by atoms with van der Waals surface area (Å²) in [5, 5.41) is 2.48. The third-order valence-corrected chi connectivity index (χ3v) is 3.00. The number of aromatic nitrogens is 1. The molecule has 0 atom stereocenters. The number of nitrogens with zero attached hydrogens (tertiary/aromatic N) is 1. The predicted molar refractivity (Wildman–Crippen MR) is 80.0 cm³/mol. The summed E-state index contributed by atoms with van der Waals surface area (Å²) in [5.74, 6) is -0.906. The largest absolute Gasteiger partial charge is 0.468 e. The molecule has 140 valence electrons. The topological polar surface area (TPSA) is 60.5 Å². The molecule has 0 aliphatic carbocycles. The minimum Gasteiger partial charge on any atom is -0.468 e. The van der Waals surface area contributed by atoms with E-state index in [2.05, 4.69) is 19.8 Å². The number of hydrogen-bond acceptors (Lipinski definition) is 4. The van der Waals surface area contributed by atoms with Crippen molar-refractivity contribution in [3.63, 3.8) is 0 Å². The normalized spacial score (nSPS) is 11.3. The second kappa shape index (κ2) is 8.45. The third-order valence-electron chi connectivity index (χ3n) is 3.00. The maximum absolute atomic E-state index is 12.2. The molecule has 2 rings (SSSR count). The van der Waals surface area contributed by atoms with Crippen LogP contribution < -0.4 is 14.8 Å². The van der Waals surface area contributed by atoms with Gasteiger partial charge < -0.3 is 14.8 Å². The molecule has 1 N–H and O–H groups in total. The first kappa shape index (κ1) is 19.4. The van der Waals surface area contributed by atoms with Crippen LogP contribution in [0.25, 0.3) is 0 Å². The third kappa shape index (κ3) is 6.19. The van der Waals surface area contributed by atoms with Gasteiger partial charge >= 0.3 is 12.8 Å². The average Bonchev–Trinajstić information content (AvgIpc) is 2.58. The van der Waals surface area contributed by atoms with Crippen LogP contribution in [0.3, 0.4) is 0 Å². The molecular formula is C16H13F5N2O3. The maximum Gasteiger partial charge on any atom is 0.422 e. The molecule has 0 unspecified atom stereocenters. The molecular weight excluding hydrogens is 363 g/mol. The molecule has 0 radical (unpaired) electrons. The summed E-state index contributed by atoms with van der Waals surface area (Å²) < 4.78 is 69.7. The molecule has 1 amide bonds. The number of ether oxygens (including phenoxy) is 2. The van der Waals surface area contributed by atoms with Gasteiger partial charge in [-0.05, 0) is 30.3 Å². The first-order chi connectivity index (χ1) is 12.2. The molecule has 0 saturated carbocycles.